The number of hydrogen-bond acceptors (Lipinski definition) is 4. The van der Waals surface area contributed by atoms with Crippen LogP contribution >= 0.6 is 0 Å². The molecular weight excluding hydrogens is 256 g/mol. The lowest BCUT2D eigenvalue weighted by Gasteiger charge is -2.03. The summed E-state index contributed by atoms with van der Waals surface area (Å²) in [6, 6.07) is 11.5. The van der Waals surface area contributed by atoms with Gasteiger partial charge in [0.2, 0.25) is 0 Å². The van der Waals surface area contributed by atoms with E-state index in [2.05, 4.69) is 4.98 Å². The van der Waals surface area contributed by atoms with E-state index in [1.54, 1.807) is 42.6 Å². The smallest absolute Gasteiger partial charge is 0.276 e. The van der Waals surface area contributed by atoms with E-state index < -0.39 is 4.92 Å². The summed E-state index contributed by atoms with van der Waals surface area (Å²) in [6.07, 6.45) is 3.08. The van der Waals surface area contributed by atoms with Gasteiger partial charge in [-0.15, -0.1) is 0 Å². The molecule has 0 spiro atoms. The number of allylic oxidation sites excluding steroid dienone is 1. The van der Waals surface area contributed by atoms with Crippen LogP contribution in [-0.2, 0) is 4.79 Å². The lowest BCUT2D eigenvalue weighted by atomic mass is 10.0. The number of benzene rings is 1. The molecule has 0 amide bonds. The minimum atomic E-state index is -0.470. The number of carbonyl (C=O) groups is 1. The normalized spacial score (nSPS) is 11.2. The highest BCUT2D eigenvalue weighted by Gasteiger charge is 2.14. The van der Waals surface area contributed by atoms with Crippen molar-refractivity contribution in [3.63, 3.8) is 0 Å². The topological polar surface area (TPSA) is 73.1 Å². The summed E-state index contributed by atoms with van der Waals surface area (Å²) >= 11 is 0. The van der Waals surface area contributed by atoms with E-state index in [9.17, 15) is 14.9 Å². The summed E-state index contributed by atoms with van der Waals surface area (Å²) in [5.41, 5.74) is 1.19. The summed E-state index contributed by atoms with van der Waals surface area (Å²) in [6.45, 7) is 1.41. The maximum absolute atomic E-state index is 11.8. The van der Waals surface area contributed by atoms with E-state index in [4.69, 9.17) is 0 Å². The Labute approximate surface area is 115 Å². The Hall–Kier alpha value is -2.82. The van der Waals surface area contributed by atoms with Gasteiger partial charge in [-0.2, -0.15) is 0 Å². The summed E-state index contributed by atoms with van der Waals surface area (Å²) in [4.78, 5) is 26.4. The highest BCUT2D eigenvalue weighted by atomic mass is 16.6. The Bertz CT molecular complexity index is 679. The molecule has 5 nitrogen and oxygen atoms in total. The second-order valence-electron chi connectivity index (χ2n) is 4.15. The Morgan fingerprint density at radius 3 is 2.50 bits per heavy atom. The van der Waals surface area contributed by atoms with Crippen LogP contribution in [0.3, 0.4) is 0 Å². The van der Waals surface area contributed by atoms with Crippen LogP contribution in [0.15, 0.2) is 48.7 Å². The van der Waals surface area contributed by atoms with Crippen LogP contribution < -0.4 is 0 Å². The predicted octanol–water partition coefficient (Wildman–Crippen LogP) is 3.12. The molecular formula is C15H12N2O3. The number of nitrogens with zero attached hydrogens (tertiary/aromatic N) is 2. The summed E-state index contributed by atoms with van der Waals surface area (Å²) in [5.74, 6) is -0.193. The van der Waals surface area contributed by atoms with Gasteiger partial charge in [-0.1, -0.05) is 18.2 Å². The Balaban J connectivity index is 2.56. The molecule has 2 aromatic rings. The van der Waals surface area contributed by atoms with E-state index in [0.717, 1.165) is 0 Å². The molecule has 20 heavy (non-hydrogen) atoms. The maximum atomic E-state index is 11.8. The van der Waals surface area contributed by atoms with Gasteiger partial charge in [-0.3, -0.25) is 19.9 Å². The molecule has 0 aliphatic carbocycles. The SMILES string of the molecule is CC(=O)/C(=C/c1ccccc1[N+](=O)[O-])c1ccccn1. The van der Waals surface area contributed by atoms with Crippen LogP contribution in [0.2, 0.25) is 0 Å². The zero-order valence-corrected chi connectivity index (χ0v) is 10.8. The van der Waals surface area contributed by atoms with Crippen LogP contribution in [0, 0.1) is 10.1 Å². The molecule has 0 atom stereocenters. The van der Waals surface area contributed by atoms with Crippen molar-refractivity contribution >= 4 is 23.1 Å². The van der Waals surface area contributed by atoms with Gasteiger partial charge in [0.25, 0.3) is 5.69 Å². The number of rotatable bonds is 4. The number of Topliss-reactive ketones (excluding diaryl/α,β-unsaturated/α-hetero) is 1. The molecule has 1 aromatic heterocycles. The molecule has 0 fully saturated rings. The summed E-state index contributed by atoms with van der Waals surface area (Å²) in [7, 11) is 0. The van der Waals surface area contributed by atoms with Crippen LogP contribution in [-0.4, -0.2) is 15.7 Å². The monoisotopic (exact) mass is 268 g/mol. The van der Waals surface area contributed by atoms with Gasteiger partial charge in [0.1, 0.15) is 0 Å². The quantitative estimate of drug-likeness (QED) is 0.485. The van der Waals surface area contributed by atoms with Gasteiger partial charge >= 0.3 is 0 Å². The molecule has 0 radical (unpaired) electrons. The number of para-hydroxylation sites is 1. The van der Waals surface area contributed by atoms with Crippen LogP contribution in [0.4, 0.5) is 5.69 Å². The molecule has 0 bridgehead atoms. The first-order chi connectivity index (χ1) is 9.59. The highest BCUT2D eigenvalue weighted by Crippen LogP contribution is 2.24. The average Bonchev–Trinajstić information content (AvgIpc) is 2.45. The standard InChI is InChI=1S/C15H12N2O3/c1-11(18)13(14-7-4-5-9-16-14)10-12-6-2-3-8-15(12)17(19)20/h2-10H,1H3/b13-10-. The number of nitro groups is 1. The third kappa shape index (κ3) is 2.95. The first kappa shape index (κ1) is 13.6. The first-order valence-corrected chi connectivity index (χ1v) is 5.97. The van der Waals surface area contributed by atoms with Crippen LogP contribution in [0.1, 0.15) is 18.2 Å². The fourth-order valence-electron chi connectivity index (χ4n) is 1.81. The first-order valence-electron chi connectivity index (χ1n) is 5.97. The average molecular weight is 268 g/mol. The fraction of sp³-hybridized carbons (Fsp3) is 0.0667. The van der Waals surface area contributed by atoms with Crippen LogP contribution in [0.5, 0.6) is 0 Å². The summed E-state index contributed by atoms with van der Waals surface area (Å²) in [5, 5.41) is 11.0. The Kier molecular flexibility index (Phi) is 4.00. The highest BCUT2D eigenvalue weighted by molar-refractivity contribution is 6.23. The van der Waals surface area contributed by atoms with Crippen molar-refractivity contribution in [3.05, 3.63) is 70.0 Å². The van der Waals surface area contributed by atoms with Crippen molar-refractivity contribution in [2.24, 2.45) is 0 Å². The molecule has 0 aliphatic rings. The van der Waals surface area contributed by atoms with Crippen molar-refractivity contribution in [1.82, 2.24) is 4.98 Å². The number of pyridine rings is 1. The fourth-order valence-corrected chi connectivity index (χ4v) is 1.81. The number of hydrogen-bond donors (Lipinski definition) is 0. The van der Waals surface area contributed by atoms with E-state index in [0.29, 0.717) is 16.8 Å². The minimum absolute atomic E-state index is 0.0396. The zero-order valence-electron chi connectivity index (χ0n) is 10.8. The van der Waals surface area contributed by atoms with Crippen molar-refractivity contribution < 1.29 is 9.72 Å². The Morgan fingerprint density at radius 1 is 1.20 bits per heavy atom. The van der Waals surface area contributed by atoms with E-state index >= 15 is 0 Å². The van der Waals surface area contributed by atoms with Crippen molar-refractivity contribution in [2.45, 2.75) is 6.92 Å². The number of ketones is 1. The van der Waals surface area contributed by atoms with E-state index in [1.807, 2.05) is 0 Å². The number of carbonyl (C=O) groups excluding carboxylic acids is 1. The molecule has 0 saturated heterocycles. The Morgan fingerprint density at radius 2 is 1.90 bits per heavy atom. The molecule has 0 N–H and O–H groups in total. The second kappa shape index (κ2) is 5.88. The lowest BCUT2D eigenvalue weighted by Crippen LogP contribution is -1.99. The van der Waals surface area contributed by atoms with Gasteiger partial charge in [0, 0.05) is 17.8 Å². The summed E-state index contributed by atoms with van der Waals surface area (Å²) < 4.78 is 0. The molecule has 100 valence electrons. The largest absolute Gasteiger partial charge is 0.294 e. The molecule has 1 aromatic carbocycles. The predicted molar refractivity (Wildman–Crippen MR) is 75.9 cm³/mol. The van der Waals surface area contributed by atoms with Gasteiger partial charge in [-0.25, -0.2) is 0 Å². The van der Waals surface area contributed by atoms with Gasteiger partial charge in [-0.05, 0) is 31.2 Å². The van der Waals surface area contributed by atoms with Crippen molar-refractivity contribution in [3.8, 4) is 0 Å². The van der Waals surface area contributed by atoms with E-state index in [1.165, 1.54) is 19.1 Å². The lowest BCUT2D eigenvalue weighted by molar-refractivity contribution is -0.385. The molecule has 0 saturated carbocycles. The minimum Gasteiger partial charge on any atom is -0.294 e. The molecule has 0 unspecified atom stereocenters. The van der Waals surface area contributed by atoms with Crippen molar-refractivity contribution in [1.29, 1.82) is 0 Å². The third-order valence-corrected chi connectivity index (χ3v) is 2.75. The maximum Gasteiger partial charge on any atom is 0.276 e. The van der Waals surface area contributed by atoms with Gasteiger partial charge in [0.15, 0.2) is 5.78 Å². The molecule has 5 heteroatoms. The number of nitro benzene ring substituents is 1. The van der Waals surface area contributed by atoms with Gasteiger partial charge < -0.3 is 0 Å². The third-order valence-electron chi connectivity index (χ3n) is 2.75. The number of aromatic nitrogens is 1. The van der Waals surface area contributed by atoms with Gasteiger partial charge in [0.05, 0.1) is 16.2 Å². The molecule has 2 rings (SSSR count). The molecule has 1 heterocycles. The molecule has 0 aliphatic heterocycles. The van der Waals surface area contributed by atoms with Crippen LogP contribution in [0.25, 0.3) is 11.6 Å². The second-order valence-corrected chi connectivity index (χ2v) is 4.15. The van der Waals surface area contributed by atoms with Crippen molar-refractivity contribution in [2.75, 3.05) is 0 Å². The van der Waals surface area contributed by atoms with E-state index in [-0.39, 0.29) is 11.5 Å². The zero-order chi connectivity index (χ0) is 14.5.